The molecule has 0 aliphatic rings. The van der Waals surface area contributed by atoms with Crippen LogP contribution in [-0.4, -0.2) is 36.3 Å². The van der Waals surface area contributed by atoms with Gasteiger partial charge in [-0.1, -0.05) is 0 Å². The molecule has 1 aromatic heterocycles. The van der Waals surface area contributed by atoms with Gasteiger partial charge in [0, 0.05) is 32.5 Å². The van der Waals surface area contributed by atoms with Crippen LogP contribution in [0.5, 0.6) is 5.88 Å². The SMILES string of the molecule is COCCCCCNc1nccc(OC(C)C)n1. The second kappa shape index (κ2) is 8.69. The molecule has 102 valence electrons. The largest absolute Gasteiger partial charge is 0.475 e. The Kier molecular flexibility index (Phi) is 7.10. The smallest absolute Gasteiger partial charge is 0.225 e. The summed E-state index contributed by atoms with van der Waals surface area (Å²) < 4.78 is 10.5. The van der Waals surface area contributed by atoms with Crippen molar-refractivity contribution in [2.75, 3.05) is 25.6 Å². The van der Waals surface area contributed by atoms with Gasteiger partial charge in [0.05, 0.1) is 6.10 Å². The Morgan fingerprint density at radius 3 is 2.83 bits per heavy atom. The molecule has 0 saturated carbocycles. The monoisotopic (exact) mass is 253 g/mol. The van der Waals surface area contributed by atoms with Gasteiger partial charge in [-0.15, -0.1) is 0 Å². The van der Waals surface area contributed by atoms with E-state index in [0.717, 1.165) is 32.4 Å². The number of ether oxygens (including phenoxy) is 2. The van der Waals surface area contributed by atoms with Crippen molar-refractivity contribution in [3.8, 4) is 5.88 Å². The molecule has 0 spiro atoms. The second-order valence-electron chi connectivity index (χ2n) is 4.37. The van der Waals surface area contributed by atoms with Crippen molar-refractivity contribution < 1.29 is 9.47 Å². The van der Waals surface area contributed by atoms with Crippen molar-refractivity contribution in [2.45, 2.75) is 39.2 Å². The van der Waals surface area contributed by atoms with Crippen LogP contribution in [0.1, 0.15) is 33.1 Å². The van der Waals surface area contributed by atoms with Gasteiger partial charge >= 0.3 is 0 Å². The Morgan fingerprint density at radius 1 is 1.28 bits per heavy atom. The van der Waals surface area contributed by atoms with E-state index in [1.54, 1.807) is 19.4 Å². The molecule has 1 N–H and O–H groups in total. The van der Waals surface area contributed by atoms with E-state index in [-0.39, 0.29) is 6.10 Å². The van der Waals surface area contributed by atoms with E-state index in [2.05, 4.69) is 15.3 Å². The van der Waals surface area contributed by atoms with Gasteiger partial charge in [-0.2, -0.15) is 4.98 Å². The normalized spacial score (nSPS) is 10.7. The first kappa shape index (κ1) is 14.7. The number of methoxy groups -OCH3 is 1. The first-order chi connectivity index (χ1) is 8.72. The first-order valence-corrected chi connectivity index (χ1v) is 6.45. The maximum Gasteiger partial charge on any atom is 0.225 e. The molecule has 0 aromatic carbocycles. The third-order valence-electron chi connectivity index (χ3n) is 2.29. The van der Waals surface area contributed by atoms with Gasteiger partial charge in [-0.05, 0) is 33.1 Å². The number of unbranched alkanes of at least 4 members (excludes halogenated alkanes) is 2. The fraction of sp³-hybridized carbons (Fsp3) is 0.692. The molecule has 18 heavy (non-hydrogen) atoms. The summed E-state index contributed by atoms with van der Waals surface area (Å²) in [5.41, 5.74) is 0. The summed E-state index contributed by atoms with van der Waals surface area (Å²) in [6.07, 6.45) is 5.15. The Balaban J connectivity index is 2.25. The summed E-state index contributed by atoms with van der Waals surface area (Å²) in [6, 6.07) is 1.77. The molecular formula is C13H23N3O2. The molecular weight excluding hydrogens is 230 g/mol. The number of aromatic nitrogens is 2. The number of anilines is 1. The van der Waals surface area contributed by atoms with Gasteiger partial charge in [0.1, 0.15) is 0 Å². The number of hydrogen-bond donors (Lipinski definition) is 1. The maximum absolute atomic E-state index is 5.51. The van der Waals surface area contributed by atoms with Gasteiger partial charge < -0.3 is 14.8 Å². The minimum absolute atomic E-state index is 0.127. The Hall–Kier alpha value is -1.36. The first-order valence-electron chi connectivity index (χ1n) is 6.45. The third kappa shape index (κ3) is 6.39. The Morgan fingerprint density at radius 2 is 2.11 bits per heavy atom. The zero-order chi connectivity index (χ0) is 13.2. The minimum atomic E-state index is 0.127. The lowest BCUT2D eigenvalue weighted by molar-refractivity contribution is 0.192. The molecule has 0 atom stereocenters. The van der Waals surface area contributed by atoms with Gasteiger partial charge in [0.15, 0.2) is 0 Å². The van der Waals surface area contributed by atoms with Gasteiger partial charge in [0.25, 0.3) is 0 Å². The van der Waals surface area contributed by atoms with Crippen molar-refractivity contribution in [1.82, 2.24) is 9.97 Å². The van der Waals surface area contributed by atoms with Crippen LogP contribution >= 0.6 is 0 Å². The molecule has 0 fully saturated rings. The maximum atomic E-state index is 5.51. The van der Waals surface area contributed by atoms with Crippen LogP contribution in [0.3, 0.4) is 0 Å². The minimum Gasteiger partial charge on any atom is -0.475 e. The van der Waals surface area contributed by atoms with Crippen molar-refractivity contribution >= 4 is 5.95 Å². The van der Waals surface area contributed by atoms with E-state index < -0.39 is 0 Å². The topological polar surface area (TPSA) is 56.3 Å². The lowest BCUT2D eigenvalue weighted by Crippen LogP contribution is -2.10. The average Bonchev–Trinajstić information content (AvgIpc) is 2.33. The van der Waals surface area contributed by atoms with Gasteiger partial charge in [0.2, 0.25) is 11.8 Å². The molecule has 0 amide bonds. The van der Waals surface area contributed by atoms with Crippen molar-refractivity contribution in [1.29, 1.82) is 0 Å². The van der Waals surface area contributed by atoms with Crippen LogP contribution in [0.25, 0.3) is 0 Å². The number of rotatable bonds is 9. The molecule has 1 rings (SSSR count). The predicted octanol–water partition coefficient (Wildman–Crippen LogP) is 2.49. The van der Waals surface area contributed by atoms with Crippen LogP contribution in [0.15, 0.2) is 12.3 Å². The van der Waals surface area contributed by atoms with Crippen molar-refractivity contribution in [2.24, 2.45) is 0 Å². The number of hydrogen-bond acceptors (Lipinski definition) is 5. The van der Waals surface area contributed by atoms with Crippen LogP contribution in [-0.2, 0) is 4.74 Å². The molecule has 5 heteroatoms. The summed E-state index contributed by atoms with van der Waals surface area (Å²) in [5.74, 6) is 1.24. The third-order valence-corrected chi connectivity index (χ3v) is 2.29. The van der Waals surface area contributed by atoms with E-state index in [0.29, 0.717) is 11.8 Å². The zero-order valence-electron chi connectivity index (χ0n) is 11.5. The van der Waals surface area contributed by atoms with E-state index in [9.17, 15) is 0 Å². The van der Waals surface area contributed by atoms with E-state index in [1.807, 2.05) is 13.8 Å². The molecule has 0 unspecified atom stereocenters. The molecule has 0 bridgehead atoms. The highest BCUT2D eigenvalue weighted by molar-refractivity contribution is 5.27. The molecule has 0 radical (unpaired) electrons. The van der Waals surface area contributed by atoms with E-state index in [4.69, 9.17) is 9.47 Å². The zero-order valence-corrected chi connectivity index (χ0v) is 11.5. The fourth-order valence-corrected chi connectivity index (χ4v) is 1.48. The number of nitrogens with zero attached hydrogens (tertiary/aromatic N) is 2. The fourth-order valence-electron chi connectivity index (χ4n) is 1.48. The molecule has 0 aliphatic carbocycles. The highest BCUT2D eigenvalue weighted by Crippen LogP contribution is 2.10. The summed E-state index contributed by atoms with van der Waals surface area (Å²) >= 11 is 0. The van der Waals surface area contributed by atoms with Crippen LogP contribution < -0.4 is 10.1 Å². The van der Waals surface area contributed by atoms with E-state index in [1.165, 1.54) is 0 Å². The second-order valence-corrected chi connectivity index (χ2v) is 4.37. The van der Waals surface area contributed by atoms with Crippen LogP contribution in [0, 0.1) is 0 Å². The molecule has 5 nitrogen and oxygen atoms in total. The summed E-state index contributed by atoms with van der Waals surface area (Å²) in [6.45, 7) is 5.65. The summed E-state index contributed by atoms with van der Waals surface area (Å²) in [4.78, 5) is 8.43. The van der Waals surface area contributed by atoms with Crippen molar-refractivity contribution in [3.63, 3.8) is 0 Å². The molecule has 1 aromatic rings. The van der Waals surface area contributed by atoms with Crippen LogP contribution in [0.4, 0.5) is 5.95 Å². The average molecular weight is 253 g/mol. The molecule has 1 heterocycles. The summed E-state index contributed by atoms with van der Waals surface area (Å²) in [5, 5.41) is 3.19. The quantitative estimate of drug-likeness (QED) is 0.685. The van der Waals surface area contributed by atoms with Crippen molar-refractivity contribution in [3.05, 3.63) is 12.3 Å². The van der Waals surface area contributed by atoms with Crippen LogP contribution in [0.2, 0.25) is 0 Å². The predicted molar refractivity (Wildman–Crippen MR) is 72.0 cm³/mol. The lowest BCUT2D eigenvalue weighted by Gasteiger charge is -2.10. The highest BCUT2D eigenvalue weighted by atomic mass is 16.5. The van der Waals surface area contributed by atoms with Gasteiger partial charge in [-0.3, -0.25) is 0 Å². The standard InChI is InChI=1S/C13H23N3O2/c1-11(2)18-12-7-9-15-13(16-12)14-8-5-4-6-10-17-3/h7,9,11H,4-6,8,10H2,1-3H3,(H,14,15,16). The van der Waals surface area contributed by atoms with Gasteiger partial charge in [-0.25, -0.2) is 4.98 Å². The molecule has 0 aliphatic heterocycles. The molecule has 0 saturated heterocycles. The summed E-state index contributed by atoms with van der Waals surface area (Å²) in [7, 11) is 1.73. The number of nitrogens with one attached hydrogen (secondary N) is 1. The Labute approximate surface area is 109 Å². The Bertz CT molecular complexity index is 332. The van der Waals surface area contributed by atoms with E-state index >= 15 is 0 Å². The highest BCUT2D eigenvalue weighted by Gasteiger charge is 2.01. The lowest BCUT2D eigenvalue weighted by atomic mass is 10.2.